The Labute approximate surface area is 125 Å². The number of urea groups is 1. The van der Waals surface area contributed by atoms with Crippen molar-refractivity contribution >= 4 is 11.7 Å². The fourth-order valence-electron chi connectivity index (χ4n) is 2.86. The quantitative estimate of drug-likeness (QED) is 0.874. The van der Waals surface area contributed by atoms with Gasteiger partial charge >= 0.3 is 6.03 Å². The summed E-state index contributed by atoms with van der Waals surface area (Å²) in [6.45, 7) is 2.12. The Morgan fingerprint density at radius 1 is 1.14 bits per heavy atom. The van der Waals surface area contributed by atoms with Gasteiger partial charge in [0.1, 0.15) is 0 Å². The maximum Gasteiger partial charge on any atom is 0.319 e. The van der Waals surface area contributed by atoms with Crippen LogP contribution in [0.1, 0.15) is 36.1 Å². The molecule has 1 unspecified atom stereocenters. The minimum Gasteiger partial charge on any atom is -0.331 e. The van der Waals surface area contributed by atoms with E-state index in [1.165, 1.54) is 16.7 Å². The molecule has 108 valence electrons. The highest BCUT2D eigenvalue weighted by atomic mass is 16.2. The first-order valence-electron chi connectivity index (χ1n) is 7.50. The van der Waals surface area contributed by atoms with Gasteiger partial charge in [0.15, 0.2) is 0 Å². The second kappa shape index (κ2) is 6.00. The zero-order valence-electron chi connectivity index (χ0n) is 12.2. The summed E-state index contributed by atoms with van der Waals surface area (Å²) in [6, 6.07) is 16.3. The van der Waals surface area contributed by atoms with Crippen molar-refractivity contribution < 1.29 is 4.79 Å². The maximum absolute atomic E-state index is 12.1. The SMILES string of the molecule is CCc1ccc(NC(=O)NC2CCc3ccccc32)cc1. The molecule has 0 aromatic heterocycles. The summed E-state index contributed by atoms with van der Waals surface area (Å²) in [5.41, 5.74) is 4.69. The summed E-state index contributed by atoms with van der Waals surface area (Å²) < 4.78 is 0. The topological polar surface area (TPSA) is 41.1 Å². The van der Waals surface area contributed by atoms with Gasteiger partial charge in [-0.3, -0.25) is 0 Å². The molecule has 3 rings (SSSR count). The van der Waals surface area contributed by atoms with E-state index in [0.717, 1.165) is 24.9 Å². The third-order valence-electron chi connectivity index (χ3n) is 4.06. The molecule has 2 aromatic rings. The van der Waals surface area contributed by atoms with Gasteiger partial charge in [-0.15, -0.1) is 0 Å². The molecule has 0 saturated carbocycles. The van der Waals surface area contributed by atoms with Crippen molar-refractivity contribution in [3.8, 4) is 0 Å². The van der Waals surface area contributed by atoms with Gasteiger partial charge in [0.2, 0.25) is 0 Å². The van der Waals surface area contributed by atoms with Crippen molar-refractivity contribution in [2.45, 2.75) is 32.2 Å². The van der Waals surface area contributed by atoms with Crippen LogP contribution in [0.5, 0.6) is 0 Å². The Morgan fingerprint density at radius 3 is 2.67 bits per heavy atom. The minimum absolute atomic E-state index is 0.121. The van der Waals surface area contributed by atoms with Gasteiger partial charge in [-0.05, 0) is 48.1 Å². The van der Waals surface area contributed by atoms with Gasteiger partial charge in [0, 0.05) is 5.69 Å². The van der Waals surface area contributed by atoms with E-state index in [-0.39, 0.29) is 12.1 Å². The Kier molecular flexibility index (Phi) is 3.91. The lowest BCUT2D eigenvalue weighted by molar-refractivity contribution is 0.248. The lowest BCUT2D eigenvalue weighted by Crippen LogP contribution is -2.31. The van der Waals surface area contributed by atoms with E-state index in [9.17, 15) is 4.79 Å². The summed E-state index contributed by atoms with van der Waals surface area (Å²) in [4.78, 5) is 12.1. The van der Waals surface area contributed by atoms with E-state index in [1.807, 2.05) is 30.3 Å². The number of hydrogen-bond acceptors (Lipinski definition) is 1. The molecule has 0 saturated heterocycles. The monoisotopic (exact) mass is 280 g/mol. The summed E-state index contributed by atoms with van der Waals surface area (Å²) in [5, 5.41) is 5.96. The summed E-state index contributed by atoms with van der Waals surface area (Å²) in [5.74, 6) is 0. The largest absolute Gasteiger partial charge is 0.331 e. The summed E-state index contributed by atoms with van der Waals surface area (Å²) >= 11 is 0. The van der Waals surface area contributed by atoms with E-state index in [4.69, 9.17) is 0 Å². The molecule has 0 radical (unpaired) electrons. The first-order valence-corrected chi connectivity index (χ1v) is 7.50. The number of fused-ring (bicyclic) bond motifs is 1. The first kappa shape index (κ1) is 13.7. The Balaban J connectivity index is 1.62. The zero-order valence-corrected chi connectivity index (χ0v) is 12.2. The van der Waals surface area contributed by atoms with Crippen molar-refractivity contribution in [3.05, 3.63) is 65.2 Å². The van der Waals surface area contributed by atoms with E-state index >= 15 is 0 Å². The molecule has 21 heavy (non-hydrogen) atoms. The van der Waals surface area contributed by atoms with Gasteiger partial charge in [0.25, 0.3) is 0 Å². The fraction of sp³-hybridized carbons (Fsp3) is 0.278. The predicted octanol–water partition coefficient (Wildman–Crippen LogP) is 4.06. The van der Waals surface area contributed by atoms with Gasteiger partial charge in [0.05, 0.1) is 6.04 Å². The molecule has 3 heteroatoms. The van der Waals surface area contributed by atoms with E-state index < -0.39 is 0 Å². The maximum atomic E-state index is 12.1. The standard InChI is InChI=1S/C18H20N2O/c1-2-13-7-10-15(11-8-13)19-18(21)20-17-12-9-14-5-3-4-6-16(14)17/h3-8,10-11,17H,2,9,12H2,1H3,(H2,19,20,21). The summed E-state index contributed by atoms with van der Waals surface area (Å²) in [6.07, 6.45) is 3.01. The third kappa shape index (κ3) is 3.07. The van der Waals surface area contributed by atoms with Crippen molar-refractivity contribution in [1.29, 1.82) is 0 Å². The number of carbonyl (C=O) groups is 1. The number of aryl methyl sites for hydroxylation is 2. The van der Waals surface area contributed by atoms with Crippen LogP contribution in [0.15, 0.2) is 48.5 Å². The fourth-order valence-corrected chi connectivity index (χ4v) is 2.86. The Morgan fingerprint density at radius 2 is 1.90 bits per heavy atom. The molecule has 2 amide bonds. The third-order valence-corrected chi connectivity index (χ3v) is 4.06. The van der Waals surface area contributed by atoms with Crippen LogP contribution in [0.25, 0.3) is 0 Å². The Hall–Kier alpha value is -2.29. The predicted molar refractivity (Wildman–Crippen MR) is 85.5 cm³/mol. The molecule has 1 atom stereocenters. The van der Waals surface area contributed by atoms with Gasteiger partial charge in [-0.2, -0.15) is 0 Å². The molecule has 2 N–H and O–H groups in total. The van der Waals surface area contributed by atoms with Gasteiger partial charge < -0.3 is 10.6 Å². The second-order valence-electron chi connectivity index (χ2n) is 5.44. The van der Waals surface area contributed by atoms with E-state index in [2.05, 4.69) is 35.8 Å². The van der Waals surface area contributed by atoms with Crippen molar-refractivity contribution in [2.24, 2.45) is 0 Å². The molecular formula is C18H20N2O. The minimum atomic E-state index is -0.138. The number of amides is 2. The lowest BCUT2D eigenvalue weighted by Gasteiger charge is -2.15. The molecule has 0 heterocycles. The highest BCUT2D eigenvalue weighted by molar-refractivity contribution is 5.89. The van der Waals surface area contributed by atoms with Gasteiger partial charge in [-0.25, -0.2) is 4.79 Å². The molecule has 1 aliphatic rings. The van der Waals surface area contributed by atoms with Gasteiger partial charge in [-0.1, -0.05) is 43.3 Å². The van der Waals surface area contributed by atoms with Crippen LogP contribution in [0, 0.1) is 0 Å². The van der Waals surface area contributed by atoms with Crippen molar-refractivity contribution in [1.82, 2.24) is 5.32 Å². The zero-order chi connectivity index (χ0) is 14.7. The lowest BCUT2D eigenvalue weighted by atomic mass is 10.1. The van der Waals surface area contributed by atoms with E-state index in [1.54, 1.807) is 0 Å². The molecule has 1 aliphatic carbocycles. The normalized spacial score (nSPS) is 16.3. The number of rotatable bonds is 3. The Bertz CT molecular complexity index is 634. The number of nitrogens with one attached hydrogen (secondary N) is 2. The van der Waals surface area contributed by atoms with Crippen LogP contribution < -0.4 is 10.6 Å². The number of benzene rings is 2. The van der Waals surface area contributed by atoms with Crippen LogP contribution in [-0.2, 0) is 12.8 Å². The van der Waals surface area contributed by atoms with Crippen LogP contribution >= 0.6 is 0 Å². The van der Waals surface area contributed by atoms with Crippen LogP contribution in [0.3, 0.4) is 0 Å². The number of anilines is 1. The average molecular weight is 280 g/mol. The number of hydrogen-bond donors (Lipinski definition) is 2. The van der Waals surface area contributed by atoms with Crippen molar-refractivity contribution in [2.75, 3.05) is 5.32 Å². The van der Waals surface area contributed by atoms with E-state index in [0.29, 0.717) is 0 Å². The van der Waals surface area contributed by atoms with Crippen LogP contribution in [0.4, 0.5) is 10.5 Å². The molecule has 2 aromatic carbocycles. The van der Waals surface area contributed by atoms with Crippen molar-refractivity contribution in [3.63, 3.8) is 0 Å². The van der Waals surface area contributed by atoms with Crippen LogP contribution in [-0.4, -0.2) is 6.03 Å². The average Bonchev–Trinajstić information content (AvgIpc) is 2.91. The van der Waals surface area contributed by atoms with Crippen LogP contribution in [0.2, 0.25) is 0 Å². The molecule has 3 nitrogen and oxygen atoms in total. The molecule has 0 bridgehead atoms. The number of carbonyl (C=O) groups excluding carboxylic acids is 1. The molecule has 0 aliphatic heterocycles. The molecule has 0 fully saturated rings. The molecular weight excluding hydrogens is 260 g/mol. The highest BCUT2D eigenvalue weighted by Gasteiger charge is 2.23. The smallest absolute Gasteiger partial charge is 0.319 e. The molecule has 0 spiro atoms. The summed E-state index contributed by atoms with van der Waals surface area (Å²) in [7, 11) is 0. The second-order valence-corrected chi connectivity index (χ2v) is 5.44. The first-order chi connectivity index (χ1) is 10.3. The highest BCUT2D eigenvalue weighted by Crippen LogP contribution is 2.30.